The van der Waals surface area contributed by atoms with E-state index >= 15 is 0 Å². The number of fused-ring (bicyclic) bond motifs is 4. The van der Waals surface area contributed by atoms with Crippen LogP contribution in [0.3, 0.4) is 0 Å². The predicted octanol–water partition coefficient (Wildman–Crippen LogP) is 5.31. The summed E-state index contributed by atoms with van der Waals surface area (Å²) in [7, 11) is 0. The number of rotatable bonds is 4. The minimum absolute atomic E-state index is 0.0954. The minimum atomic E-state index is -0.283. The average molecular weight is 526 g/mol. The second-order valence-corrected chi connectivity index (χ2v) is 13.4. The van der Waals surface area contributed by atoms with Gasteiger partial charge in [0.2, 0.25) is 0 Å². The first-order valence-electron chi connectivity index (χ1n) is 15.4. The fourth-order valence-electron chi connectivity index (χ4n) is 10.3. The number of nitrogens with one attached hydrogen (secondary N) is 1. The summed E-state index contributed by atoms with van der Waals surface area (Å²) in [6.07, 6.45) is 17.2. The van der Waals surface area contributed by atoms with Crippen molar-refractivity contribution in [3.8, 4) is 11.4 Å². The molecule has 0 amide bonds. The average Bonchev–Trinajstić information content (AvgIpc) is 3.13. The highest BCUT2D eigenvalue weighted by molar-refractivity contribution is 5.77. The molecule has 2 aliphatic heterocycles. The predicted molar refractivity (Wildman–Crippen MR) is 151 cm³/mol. The molecule has 0 radical (unpaired) electrons. The van der Waals surface area contributed by atoms with Crippen LogP contribution in [0.25, 0.3) is 22.4 Å². The molecule has 3 saturated carbocycles. The smallest absolute Gasteiger partial charge is 0.279 e. The van der Waals surface area contributed by atoms with Crippen LogP contribution in [0.5, 0.6) is 0 Å². The van der Waals surface area contributed by atoms with Crippen molar-refractivity contribution in [2.45, 2.75) is 102 Å². The van der Waals surface area contributed by atoms with Gasteiger partial charge in [0.05, 0.1) is 17.2 Å². The summed E-state index contributed by atoms with van der Waals surface area (Å²) in [5, 5.41) is 0. The molecule has 0 spiro atoms. The molecule has 7 unspecified atom stereocenters. The highest BCUT2D eigenvalue weighted by atomic mass is 16.1. The molecule has 3 aromatic rings. The summed E-state index contributed by atoms with van der Waals surface area (Å²) in [6, 6.07) is 9.95. The Morgan fingerprint density at radius 1 is 0.949 bits per heavy atom. The van der Waals surface area contributed by atoms with E-state index in [9.17, 15) is 9.59 Å². The van der Waals surface area contributed by atoms with Crippen LogP contribution in [0.1, 0.15) is 83.6 Å². The van der Waals surface area contributed by atoms with Gasteiger partial charge in [-0.05, 0) is 99.5 Å². The van der Waals surface area contributed by atoms with Gasteiger partial charge in [-0.2, -0.15) is 0 Å². The van der Waals surface area contributed by atoms with Gasteiger partial charge in [-0.25, -0.2) is 9.97 Å². The van der Waals surface area contributed by atoms with Gasteiger partial charge in [-0.3, -0.25) is 14.5 Å². The third-order valence-corrected chi connectivity index (χ3v) is 11.8. The first kappa shape index (κ1) is 24.0. The number of nitrogens with zero attached hydrogens (tertiary/aromatic N) is 4. The van der Waals surface area contributed by atoms with Crippen molar-refractivity contribution in [1.82, 2.24) is 24.4 Å². The SMILES string of the molecule is CCC12CC3CC(N4C5CCCC4CC(n4c(=O)c(-c6c[nH]c(=O)cn6)nc6ccccc64)C5)CC1CC2C3. The summed E-state index contributed by atoms with van der Waals surface area (Å²) in [4.78, 5) is 40.3. The van der Waals surface area contributed by atoms with E-state index < -0.39 is 0 Å². The molecule has 39 heavy (non-hydrogen) atoms. The molecule has 1 aromatic carbocycles. The van der Waals surface area contributed by atoms with Crippen LogP contribution in [0.2, 0.25) is 0 Å². The Labute approximate surface area is 229 Å². The molecule has 4 heterocycles. The Balaban J connectivity index is 1.15. The van der Waals surface area contributed by atoms with Gasteiger partial charge in [0.15, 0.2) is 5.69 Å². The fourth-order valence-corrected chi connectivity index (χ4v) is 10.3. The molecule has 7 nitrogen and oxygen atoms in total. The van der Waals surface area contributed by atoms with Gasteiger partial charge in [0, 0.05) is 30.4 Å². The number of benzene rings is 1. The Kier molecular flexibility index (Phi) is 5.45. The standard InChI is InChI=1S/C32H39N5O2/c1-2-32-16-19-10-20(32)12-21(32)13-24(11-19)36-22-6-5-7-23(36)15-25(14-22)37-28-9-4-3-8-26(28)35-30(31(37)39)27-17-34-29(38)18-33-27/h3-4,8-9,17-25H,2,5-7,10-16H2,1H3,(H,34,38). The highest BCUT2D eigenvalue weighted by Crippen LogP contribution is 2.69. The first-order valence-corrected chi connectivity index (χ1v) is 15.4. The van der Waals surface area contributed by atoms with E-state index in [0.717, 1.165) is 47.7 Å². The van der Waals surface area contributed by atoms with Crippen molar-refractivity contribution < 1.29 is 0 Å². The van der Waals surface area contributed by atoms with Crippen LogP contribution < -0.4 is 11.1 Å². The summed E-state index contributed by atoms with van der Waals surface area (Å²) < 4.78 is 2.03. The van der Waals surface area contributed by atoms with Crippen molar-refractivity contribution in [3.05, 3.63) is 57.4 Å². The molecule has 5 fully saturated rings. The molecule has 204 valence electrons. The van der Waals surface area contributed by atoms with E-state index in [2.05, 4.69) is 21.8 Å². The maximum Gasteiger partial charge on any atom is 0.279 e. The number of para-hydroxylation sites is 2. The highest BCUT2D eigenvalue weighted by Gasteiger charge is 2.61. The van der Waals surface area contributed by atoms with Crippen molar-refractivity contribution in [2.75, 3.05) is 0 Å². The Hall–Kier alpha value is -2.80. The largest absolute Gasteiger partial charge is 0.326 e. The molecule has 1 N–H and O–H groups in total. The van der Waals surface area contributed by atoms with E-state index in [4.69, 9.17) is 4.98 Å². The zero-order chi connectivity index (χ0) is 26.3. The van der Waals surface area contributed by atoms with E-state index in [1.165, 1.54) is 70.2 Å². The number of piperidine rings is 2. The fraction of sp³-hybridized carbons (Fsp3) is 0.625. The number of hydrogen-bond donors (Lipinski definition) is 1. The molecule has 2 aromatic heterocycles. The van der Waals surface area contributed by atoms with Gasteiger partial charge < -0.3 is 9.55 Å². The van der Waals surface area contributed by atoms with E-state index in [-0.39, 0.29) is 17.2 Å². The van der Waals surface area contributed by atoms with Gasteiger partial charge in [-0.1, -0.05) is 25.5 Å². The first-order chi connectivity index (χ1) is 19.0. The zero-order valence-electron chi connectivity index (χ0n) is 22.9. The lowest BCUT2D eigenvalue weighted by atomic mass is 9.52. The van der Waals surface area contributed by atoms with Crippen molar-refractivity contribution >= 4 is 11.0 Å². The van der Waals surface area contributed by atoms with Crippen LogP contribution in [0, 0.1) is 23.2 Å². The number of hydrogen-bond acceptors (Lipinski definition) is 5. The third kappa shape index (κ3) is 3.57. The molecule has 7 atom stereocenters. The van der Waals surface area contributed by atoms with Crippen molar-refractivity contribution in [2.24, 2.45) is 23.2 Å². The Morgan fingerprint density at radius 3 is 2.51 bits per heavy atom. The van der Waals surface area contributed by atoms with Gasteiger partial charge >= 0.3 is 0 Å². The van der Waals surface area contributed by atoms with Gasteiger partial charge in [0.25, 0.3) is 11.1 Å². The minimum Gasteiger partial charge on any atom is -0.326 e. The molecule has 5 aliphatic rings. The zero-order valence-corrected chi connectivity index (χ0v) is 22.9. The number of aromatic nitrogens is 4. The summed E-state index contributed by atoms with van der Waals surface area (Å²) >= 11 is 0. The molecule has 2 saturated heterocycles. The lowest BCUT2D eigenvalue weighted by Crippen LogP contribution is -2.58. The van der Waals surface area contributed by atoms with Crippen LogP contribution in [0.15, 0.2) is 46.2 Å². The molecular formula is C32H39N5O2. The molecule has 8 rings (SSSR count). The summed E-state index contributed by atoms with van der Waals surface area (Å²) in [5.74, 6) is 2.87. The molecular weight excluding hydrogens is 486 g/mol. The number of H-pyrrole nitrogens is 1. The lowest BCUT2D eigenvalue weighted by molar-refractivity contribution is -0.0751. The maximum atomic E-state index is 14.1. The molecule has 7 heteroatoms. The topological polar surface area (TPSA) is 83.9 Å². The van der Waals surface area contributed by atoms with Crippen LogP contribution in [0.4, 0.5) is 0 Å². The second kappa shape index (κ2) is 8.85. The third-order valence-electron chi connectivity index (χ3n) is 11.8. The van der Waals surface area contributed by atoms with Gasteiger partial charge in [-0.15, -0.1) is 0 Å². The maximum absolute atomic E-state index is 14.1. The Morgan fingerprint density at radius 2 is 1.74 bits per heavy atom. The monoisotopic (exact) mass is 525 g/mol. The van der Waals surface area contributed by atoms with Crippen LogP contribution >= 0.6 is 0 Å². The van der Waals surface area contributed by atoms with Crippen LogP contribution in [-0.2, 0) is 0 Å². The molecule has 3 aliphatic carbocycles. The van der Waals surface area contributed by atoms with Gasteiger partial charge in [0.1, 0.15) is 5.69 Å². The second-order valence-electron chi connectivity index (χ2n) is 13.4. The normalized spacial score (nSPS) is 37.4. The Bertz CT molecular complexity index is 1510. The number of aromatic amines is 1. The summed E-state index contributed by atoms with van der Waals surface area (Å²) in [6.45, 7) is 2.45. The van der Waals surface area contributed by atoms with E-state index in [1.807, 2.05) is 28.8 Å². The lowest BCUT2D eigenvalue weighted by Gasteiger charge is -2.57. The van der Waals surface area contributed by atoms with Crippen LogP contribution in [-0.4, -0.2) is 42.5 Å². The quantitative estimate of drug-likeness (QED) is 0.499. The van der Waals surface area contributed by atoms with E-state index in [0.29, 0.717) is 28.9 Å². The molecule has 4 bridgehead atoms. The van der Waals surface area contributed by atoms with Crippen molar-refractivity contribution in [3.63, 3.8) is 0 Å². The summed E-state index contributed by atoms with van der Waals surface area (Å²) in [5.41, 5.74) is 2.75. The van der Waals surface area contributed by atoms with Crippen molar-refractivity contribution in [1.29, 1.82) is 0 Å². The van der Waals surface area contributed by atoms with E-state index in [1.54, 1.807) is 0 Å².